The molecule has 2 aromatic carbocycles. The zero-order valence-corrected chi connectivity index (χ0v) is 11.3. The highest BCUT2D eigenvalue weighted by Gasteiger charge is 2.16. The van der Waals surface area contributed by atoms with E-state index in [1.54, 1.807) is 0 Å². The number of hydrogen-bond acceptors (Lipinski definition) is 3. The topological polar surface area (TPSA) is 89.3 Å². The molecule has 8 heteroatoms. The van der Waals surface area contributed by atoms with Gasteiger partial charge in [0.15, 0.2) is 11.6 Å². The Morgan fingerprint density at radius 3 is 2.14 bits per heavy atom. The number of sulfonamides is 1. The lowest BCUT2D eigenvalue weighted by Gasteiger charge is -2.08. The highest BCUT2D eigenvalue weighted by molar-refractivity contribution is 7.92. The lowest BCUT2D eigenvalue weighted by Crippen LogP contribution is -2.14. The molecule has 3 N–H and O–H groups in total. The molecule has 2 aromatic rings. The van der Waals surface area contributed by atoms with E-state index in [1.807, 2.05) is 0 Å². The van der Waals surface area contributed by atoms with Crippen LogP contribution in [0.5, 0.6) is 0 Å². The summed E-state index contributed by atoms with van der Waals surface area (Å²) in [6.45, 7) is 0. The summed E-state index contributed by atoms with van der Waals surface area (Å²) in [5.74, 6) is -3.05. The van der Waals surface area contributed by atoms with Crippen LogP contribution in [0.2, 0.25) is 0 Å². The van der Waals surface area contributed by atoms with E-state index in [2.05, 4.69) is 4.72 Å². The lowest BCUT2D eigenvalue weighted by molar-refractivity contribution is 0.100. The van der Waals surface area contributed by atoms with Gasteiger partial charge in [-0.1, -0.05) is 0 Å². The molecule has 0 fully saturated rings. The molecule has 0 unspecified atom stereocenters. The summed E-state index contributed by atoms with van der Waals surface area (Å²) in [7, 11) is -4.06. The second-order valence-corrected chi connectivity index (χ2v) is 5.81. The molecule has 110 valence electrons. The van der Waals surface area contributed by atoms with Gasteiger partial charge in [-0.25, -0.2) is 17.2 Å². The van der Waals surface area contributed by atoms with Crippen molar-refractivity contribution in [2.45, 2.75) is 4.90 Å². The van der Waals surface area contributed by atoms with E-state index in [-0.39, 0.29) is 11.3 Å². The summed E-state index contributed by atoms with van der Waals surface area (Å²) in [6.07, 6.45) is 0. The third kappa shape index (κ3) is 3.34. The molecule has 0 saturated carbocycles. The van der Waals surface area contributed by atoms with E-state index in [1.165, 1.54) is 24.3 Å². The van der Waals surface area contributed by atoms with Crippen molar-refractivity contribution in [3.05, 3.63) is 59.7 Å². The van der Waals surface area contributed by atoms with Crippen molar-refractivity contribution in [3.8, 4) is 0 Å². The van der Waals surface area contributed by atoms with Gasteiger partial charge < -0.3 is 5.73 Å². The van der Waals surface area contributed by atoms with Gasteiger partial charge in [-0.05, 0) is 42.5 Å². The minimum Gasteiger partial charge on any atom is -0.366 e. The summed E-state index contributed by atoms with van der Waals surface area (Å²) in [5.41, 5.74) is 5.43. The standard InChI is InChI=1S/C13H10F2N2O3S/c14-11-6-5-10(7-12(11)15)21(19,20)17-9-3-1-8(2-4-9)13(16)18/h1-7,17H,(H2,16,18). The van der Waals surface area contributed by atoms with Crippen molar-refractivity contribution in [2.24, 2.45) is 5.73 Å². The SMILES string of the molecule is NC(=O)c1ccc(NS(=O)(=O)c2ccc(F)c(F)c2)cc1. The first-order chi connectivity index (χ1) is 9.79. The van der Waals surface area contributed by atoms with E-state index >= 15 is 0 Å². The van der Waals surface area contributed by atoms with Crippen LogP contribution in [0, 0.1) is 11.6 Å². The highest BCUT2D eigenvalue weighted by Crippen LogP contribution is 2.18. The van der Waals surface area contributed by atoms with Gasteiger partial charge in [0, 0.05) is 11.3 Å². The number of carbonyl (C=O) groups is 1. The molecule has 0 atom stereocenters. The quantitative estimate of drug-likeness (QED) is 0.903. The maximum Gasteiger partial charge on any atom is 0.261 e. The average Bonchev–Trinajstić information content (AvgIpc) is 2.42. The van der Waals surface area contributed by atoms with E-state index in [9.17, 15) is 22.0 Å². The van der Waals surface area contributed by atoms with Gasteiger partial charge in [-0.3, -0.25) is 9.52 Å². The molecule has 0 aliphatic rings. The number of carbonyl (C=O) groups excluding carboxylic acids is 1. The lowest BCUT2D eigenvalue weighted by atomic mass is 10.2. The smallest absolute Gasteiger partial charge is 0.261 e. The Morgan fingerprint density at radius 2 is 1.62 bits per heavy atom. The second kappa shape index (κ2) is 5.49. The first kappa shape index (κ1) is 14.9. The molecule has 0 aromatic heterocycles. The molecule has 0 radical (unpaired) electrons. The number of nitrogens with one attached hydrogen (secondary N) is 1. The van der Waals surface area contributed by atoms with Crippen LogP contribution in [0.1, 0.15) is 10.4 Å². The molecular weight excluding hydrogens is 302 g/mol. The first-order valence-electron chi connectivity index (χ1n) is 5.67. The molecule has 0 spiro atoms. The molecular formula is C13H10F2N2O3S. The minimum atomic E-state index is -4.06. The predicted octanol–water partition coefficient (Wildman–Crippen LogP) is 1.86. The highest BCUT2D eigenvalue weighted by atomic mass is 32.2. The zero-order chi connectivity index (χ0) is 15.6. The van der Waals surface area contributed by atoms with Gasteiger partial charge in [0.2, 0.25) is 5.91 Å². The monoisotopic (exact) mass is 312 g/mol. The molecule has 0 saturated heterocycles. The number of primary amides is 1. The van der Waals surface area contributed by atoms with Gasteiger partial charge >= 0.3 is 0 Å². The Morgan fingerprint density at radius 1 is 1.00 bits per heavy atom. The summed E-state index contributed by atoms with van der Waals surface area (Å²) in [4.78, 5) is 10.5. The number of amides is 1. The van der Waals surface area contributed by atoms with Gasteiger partial charge in [0.1, 0.15) is 0 Å². The largest absolute Gasteiger partial charge is 0.366 e. The average molecular weight is 312 g/mol. The maximum atomic E-state index is 13.1. The van der Waals surface area contributed by atoms with E-state index < -0.39 is 32.5 Å². The Hall–Kier alpha value is -2.48. The Bertz CT molecular complexity index is 790. The maximum absolute atomic E-state index is 13.1. The number of benzene rings is 2. The first-order valence-corrected chi connectivity index (χ1v) is 7.15. The summed E-state index contributed by atoms with van der Waals surface area (Å²) in [5, 5.41) is 0. The minimum absolute atomic E-state index is 0.157. The zero-order valence-electron chi connectivity index (χ0n) is 10.5. The fourth-order valence-corrected chi connectivity index (χ4v) is 2.63. The van der Waals surface area contributed by atoms with Crippen molar-refractivity contribution in [1.29, 1.82) is 0 Å². The number of nitrogens with two attached hydrogens (primary N) is 1. The number of anilines is 1. The summed E-state index contributed by atoms with van der Waals surface area (Å²) < 4.78 is 52.0. The molecule has 2 rings (SSSR count). The third-order valence-corrected chi connectivity index (χ3v) is 4.00. The van der Waals surface area contributed by atoms with Gasteiger partial charge in [-0.15, -0.1) is 0 Å². The van der Waals surface area contributed by atoms with Crippen molar-refractivity contribution >= 4 is 21.6 Å². The van der Waals surface area contributed by atoms with Crippen molar-refractivity contribution in [3.63, 3.8) is 0 Å². The third-order valence-electron chi connectivity index (χ3n) is 2.62. The summed E-state index contributed by atoms with van der Waals surface area (Å²) >= 11 is 0. The number of rotatable bonds is 4. The van der Waals surface area contributed by atoms with Crippen LogP contribution in [0.3, 0.4) is 0 Å². The van der Waals surface area contributed by atoms with Crippen LogP contribution in [0.25, 0.3) is 0 Å². The van der Waals surface area contributed by atoms with E-state index in [0.29, 0.717) is 6.07 Å². The van der Waals surface area contributed by atoms with Gasteiger partial charge in [0.25, 0.3) is 10.0 Å². The molecule has 0 heterocycles. The van der Waals surface area contributed by atoms with Crippen molar-refractivity contribution < 1.29 is 22.0 Å². The predicted molar refractivity (Wildman–Crippen MR) is 72.1 cm³/mol. The Labute approximate surface area is 119 Å². The Balaban J connectivity index is 2.28. The fourth-order valence-electron chi connectivity index (χ4n) is 1.56. The number of hydrogen-bond donors (Lipinski definition) is 2. The van der Waals surface area contributed by atoms with Crippen LogP contribution in [0.4, 0.5) is 14.5 Å². The van der Waals surface area contributed by atoms with Crippen molar-refractivity contribution in [1.82, 2.24) is 0 Å². The molecule has 1 amide bonds. The molecule has 0 aliphatic heterocycles. The van der Waals surface area contributed by atoms with E-state index in [4.69, 9.17) is 5.73 Å². The fraction of sp³-hybridized carbons (Fsp3) is 0. The number of halogens is 2. The van der Waals surface area contributed by atoms with Gasteiger partial charge in [0.05, 0.1) is 4.90 Å². The molecule has 0 aliphatic carbocycles. The van der Waals surface area contributed by atoms with Crippen LogP contribution in [0.15, 0.2) is 47.4 Å². The van der Waals surface area contributed by atoms with Crippen molar-refractivity contribution in [2.75, 3.05) is 4.72 Å². The summed E-state index contributed by atoms with van der Waals surface area (Å²) in [6, 6.07) is 7.58. The normalized spacial score (nSPS) is 11.1. The van der Waals surface area contributed by atoms with Crippen LogP contribution < -0.4 is 10.5 Å². The Kier molecular flexibility index (Phi) is 3.90. The van der Waals surface area contributed by atoms with Crippen LogP contribution in [-0.4, -0.2) is 14.3 Å². The molecule has 5 nitrogen and oxygen atoms in total. The van der Waals surface area contributed by atoms with E-state index in [0.717, 1.165) is 12.1 Å². The van der Waals surface area contributed by atoms with Crippen LogP contribution >= 0.6 is 0 Å². The van der Waals surface area contributed by atoms with Crippen LogP contribution in [-0.2, 0) is 10.0 Å². The molecule has 0 bridgehead atoms. The van der Waals surface area contributed by atoms with Gasteiger partial charge in [-0.2, -0.15) is 0 Å². The molecule has 21 heavy (non-hydrogen) atoms. The second-order valence-electron chi connectivity index (χ2n) is 4.12.